The highest BCUT2D eigenvalue weighted by atomic mass is 32.1. The highest BCUT2D eigenvalue weighted by Gasteiger charge is 2.39. The number of nitrogens with zero attached hydrogens (tertiary/aromatic N) is 1. The van der Waals surface area contributed by atoms with Crippen LogP contribution in [0.4, 0.5) is 0 Å². The summed E-state index contributed by atoms with van der Waals surface area (Å²) in [7, 11) is 0. The van der Waals surface area contributed by atoms with Crippen LogP contribution in [0.15, 0.2) is 5.38 Å². The van der Waals surface area contributed by atoms with Crippen molar-refractivity contribution in [2.45, 2.75) is 64.9 Å². The third-order valence-corrected chi connectivity index (χ3v) is 4.90. The number of aryl methyl sites for hydroxylation is 1. The molecule has 1 fully saturated rings. The Kier molecular flexibility index (Phi) is 4.79. The molecule has 1 saturated carbocycles. The maximum absolute atomic E-state index is 6.17. The lowest BCUT2D eigenvalue weighted by Crippen LogP contribution is -2.35. The molecule has 1 aromatic rings. The average Bonchev–Trinajstić information content (AvgIpc) is 2.79. The Labute approximate surface area is 115 Å². The summed E-state index contributed by atoms with van der Waals surface area (Å²) >= 11 is 1.80. The second kappa shape index (κ2) is 6.16. The van der Waals surface area contributed by atoms with E-state index in [0.29, 0.717) is 0 Å². The van der Waals surface area contributed by atoms with Gasteiger partial charge in [0.15, 0.2) is 0 Å². The van der Waals surface area contributed by atoms with E-state index in [1.54, 1.807) is 11.3 Å². The topological polar surface area (TPSA) is 22.1 Å². The molecule has 0 bridgehead atoms. The number of rotatable bonds is 5. The Balaban J connectivity index is 2.21. The van der Waals surface area contributed by atoms with Gasteiger partial charge in [0.25, 0.3) is 0 Å². The van der Waals surface area contributed by atoms with Gasteiger partial charge in [0.1, 0.15) is 10.6 Å². The van der Waals surface area contributed by atoms with Gasteiger partial charge in [0.2, 0.25) is 0 Å². The largest absolute Gasteiger partial charge is 0.368 e. The standard InChI is InChI=1S/C15H25NOS/c1-4-7-13-11-18-14(16-13)15(17-5-2)9-6-8-12(3)10-15/h11-12H,4-10H2,1-3H3. The van der Waals surface area contributed by atoms with Gasteiger partial charge in [-0.1, -0.05) is 26.7 Å². The van der Waals surface area contributed by atoms with Gasteiger partial charge < -0.3 is 4.74 Å². The quantitative estimate of drug-likeness (QED) is 0.781. The van der Waals surface area contributed by atoms with Crippen molar-refractivity contribution in [1.82, 2.24) is 4.98 Å². The Bertz CT molecular complexity index is 372. The molecule has 0 aromatic carbocycles. The van der Waals surface area contributed by atoms with Gasteiger partial charge in [0.05, 0.1) is 5.69 Å². The predicted molar refractivity (Wildman–Crippen MR) is 77.0 cm³/mol. The Hall–Kier alpha value is -0.410. The third-order valence-electron chi connectivity index (χ3n) is 3.82. The normalized spacial score (nSPS) is 28.5. The van der Waals surface area contributed by atoms with Crippen LogP contribution in [0.3, 0.4) is 0 Å². The molecular formula is C15H25NOS. The minimum Gasteiger partial charge on any atom is -0.368 e. The zero-order chi connectivity index (χ0) is 13.0. The van der Waals surface area contributed by atoms with Crippen molar-refractivity contribution in [2.75, 3.05) is 6.61 Å². The molecule has 0 spiro atoms. The molecular weight excluding hydrogens is 242 g/mol. The van der Waals surface area contributed by atoms with Gasteiger partial charge in [-0.3, -0.25) is 0 Å². The second-order valence-corrected chi connectivity index (χ2v) is 6.38. The van der Waals surface area contributed by atoms with Crippen LogP contribution in [-0.2, 0) is 16.8 Å². The summed E-state index contributed by atoms with van der Waals surface area (Å²) in [4.78, 5) is 4.84. The summed E-state index contributed by atoms with van der Waals surface area (Å²) in [6, 6.07) is 0. The van der Waals surface area contributed by atoms with Crippen molar-refractivity contribution < 1.29 is 4.74 Å². The van der Waals surface area contributed by atoms with Crippen LogP contribution in [0, 0.1) is 5.92 Å². The molecule has 0 saturated heterocycles. The van der Waals surface area contributed by atoms with Gasteiger partial charge in [-0.2, -0.15) is 0 Å². The van der Waals surface area contributed by atoms with Crippen molar-refractivity contribution in [3.63, 3.8) is 0 Å². The van der Waals surface area contributed by atoms with Crippen LogP contribution >= 0.6 is 11.3 Å². The first-order valence-corrected chi connectivity index (χ1v) is 8.17. The monoisotopic (exact) mass is 267 g/mol. The van der Waals surface area contributed by atoms with Crippen LogP contribution < -0.4 is 0 Å². The fraction of sp³-hybridized carbons (Fsp3) is 0.800. The van der Waals surface area contributed by atoms with E-state index in [-0.39, 0.29) is 5.60 Å². The van der Waals surface area contributed by atoms with E-state index in [2.05, 4.69) is 26.2 Å². The van der Waals surface area contributed by atoms with Crippen molar-refractivity contribution in [2.24, 2.45) is 5.92 Å². The number of hydrogen-bond acceptors (Lipinski definition) is 3. The second-order valence-electron chi connectivity index (χ2n) is 5.52. The molecule has 2 rings (SSSR count). The maximum atomic E-state index is 6.17. The first kappa shape index (κ1) is 14.0. The number of hydrogen-bond donors (Lipinski definition) is 0. The maximum Gasteiger partial charge on any atom is 0.125 e. The number of thiazole rings is 1. The minimum absolute atomic E-state index is 0.0803. The SMILES string of the molecule is CCCc1csc(C2(OCC)CCCC(C)C2)n1. The van der Waals surface area contributed by atoms with Gasteiger partial charge in [-0.05, 0) is 38.5 Å². The Morgan fingerprint density at radius 3 is 3.00 bits per heavy atom. The molecule has 0 N–H and O–H groups in total. The van der Waals surface area contributed by atoms with E-state index in [0.717, 1.165) is 31.8 Å². The molecule has 2 unspecified atom stereocenters. The fourth-order valence-corrected chi connectivity index (χ4v) is 4.10. The molecule has 18 heavy (non-hydrogen) atoms. The van der Waals surface area contributed by atoms with E-state index in [4.69, 9.17) is 9.72 Å². The zero-order valence-corrected chi connectivity index (χ0v) is 12.7. The molecule has 3 heteroatoms. The van der Waals surface area contributed by atoms with Crippen molar-refractivity contribution in [3.05, 3.63) is 16.1 Å². The summed E-state index contributed by atoms with van der Waals surface area (Å²) < 4.78 is 6.17. The molecule has 1 heterocycles. The van der Waals surface area contributed by atoms with Crippen LogP contribution in [0.1, 0.15) is 63.6 Å². The summed E-state index contributed by atoms with van der Waals surface area (Å²) in [5, 5.41) is 3.44. The van der Waals surface area contributed by atoms with E-state index < -0.39 is 0 Å². The smallest absolute Gasteiger partial charge is 0.125 e. The van der Waals surface area contributed by atoms with Gasteiger partial charge in [0, 0.05) is 12.0 Å². The lowest BCUT2D eigenvalue weighted by Gasteiger charge is -2.38. The van der Waals surface area contributed by atoms with E-state index >= 15 is 0 Å². The number of aromatic nitrogens is 1. The summed E-state index contributed by atoms with van der Waals surface area (Å²) in [5.41, 5.74) is 1.16. The van der Waals surface area contributed by atoms with Crippen LogP contribution in [0.2, 0.25) is 0 Å². The molecule has 1 aliphatic carbocycles. The first-order valence-electron chi connectivity index (χ1n) is 7.29. The van der Waals surface area contributed by atoms with Crippen molar-refractivity contribution in [3.8, 4) is 0 Å². The van der Waals surface area contributed by atoms with E-state index in [9.17, 15) is 0 Å². The molecule has 0 aliphatic heterocycles. The predicted octanol–water partition coefficient (Wildman–Crippen LogP) is 4.54. The lowest BCUT2D eigenvalue weighted by molar-refractivity contribution is -0.0821. The molecule has 1 aromatic heterocycles. The summed E-state index contributed by atoms with van der Waals surface area (Å²) in [6.07, 6.45) is 7.14. The van der Waals surface area contributed by atoms with E-state index in [1.165, 1.54) is 30.0 Å². The first-order chi connectivity index (χ1) is 8.70. The molecule has 1 aliphatic rings. The van der Waals surface area contributed by atoms with Crippen LogP contribution in [0.5, 0.6) is 0 Å². The molecule has 0 radical (unpaired) electrons. The lowest BCUT2D eigenvalue weighted by atomic mass is 9.79. The van der Waals surface area contributed by atoms with Gasteiger partial charge >= 0.3 is 0 Å². The molecule has 0 amide bonds. The third kappa shape index (κ3) is 2.94. The molecule has 2 atom stereocenters. The molecule has 102 valence electrons. The van der Waals surface area contributed by atoms with Crippen LogP contribution in [0.25, 0.3) is 0 Å². The summed E-state index contributed by atoms with van der Waals surface area (Å²) in [5.74, 6) is 0.754. The Morgan fingerprint density at radius 2 is 2.33 bits per heavy atom. The molecule has 2 nitrogen and oxygen atoms in total. The highest BCUT2D eigenvalue weighted by molar-refractivity contribution is 7.09. The van der Waals surface area contributed by atoms with Crippen LogP contribution in [-0.4, -0.2) is 11.6 Å². The van der Waals surface area contributed by atoms with E-state index in [1.807, 2.05) is 0 Å². The van der Waals surface area contributed by atoms with Gasteiger partial charge in [-0.15, -0.1) is 11.3 Å². The zero-order valence-electron chi connectivity index (χ0n) is 11.9. The van der Waals surface area contributed by atoms with Crippen molar-refractivity contribution >= 4 is 11.3 Å². The Morgan fingerprint density at radius 1 is 1.50 bits per heavy atom. The summed E-state index contributed by atoms with van der Waals surface area (Å²) in [6.45, 7) is 7.44. The highest BCUT2D eigenvalue weighted by Crippen LogP contribution is 2.44. The average molecular weight is 267 g/mol. The minimum atomic E-state index is -0.0803. The van der Waals surface area contributed by atoms with Gasteiger partial charge in [-0.25, -0.2) is 4.98 Å². The van der Waals surface area contributed by atoms with Crippen molar-refractivity contribution in [1.29, 1.82) is 0 Å². The number of ether oxygens (including phenoxy) is 1. The fourth-order valence-electron chi connectivity index (χ4n) is 3.05.